The summed E-state index contributed by atoms with van der Waals surface area (Å²) in [7, 11) is 0. The first kappa shape index (κ1) is 12.9. The SMILES string of the molecule is O=C(O)C(CC(C(=O)O)C(=O)O)C(=O)O. The quantitative estimate of drug-likeness (QED) is 0.414. The van der Waals surface area contributed by atoms with E-state index < -0.39 is 42.1 Å². The Morgan fingerprint density at radius 1 is 0.667 bits per heavy atom. The van der Waals surface area contributed by atoms with Crippen LogP contribution in [0.15, 0.2) is 0 Å². The van der Waals surface area contributed by atoms with Crippen LogP contribution in [0.1, 0.15) is 6.42 Å². The minimum absolute atomic E-state index is 0.991. The summed E-state index contributed by atoms with van der Waals surface area (Å²) in [5.41, 5.74) is 0. The molecule has 0 saturated heterocycles. The van der Waals surface area contributed by atoms with Crippen molar-refractivity contribution < 1.29 is 39.6 Å². The molecule has 0 radical (unpaired) electrons. The molecule has 0 bridgehead atoms. The molecule has 8 nitrogen and oxygen atoms in total. The molecule has 0 aliphatic carbocycles. The monoisotopic (exact) mass is 220 g/mol. The van der Waals surface area contributed by atoms with Crippen molar-refractivity contribution in [3.05, 3.63) is 0 Å². The Morgan fingerprint density at radius 2 is 0.867 bits per heavy atom. The van der Waals surface area contributed by atoms with Crippen LogP contribution in [0.3, 0.4) is 0 Å². The van der Waals surface area contributed by atoms with Crippen LogP contribution in [-0.2, 0) is 19.2 Å². The third kappa shape index (κ3) is 3.63. The molecule has 0 aliphatic heterocycles. The maximum absolute atomic E-state index is 10.4. The topological polar surface area (TPSA) is 149 Å². The number of aliphatic carboxylic acids is 4. The summed E-state index contributed by atoms with van der Waals surface area (Å²) in [6.07, 6.45) is -0.991. The number of carbonyl (C=O) groups is 4. The van der Waals surface area contributed by atoms with Gasteiger partial charge >= 0.3 is 23.9 Å². The van der Waals surface area contributed by atoms with Crippen molar-refractivity contribution in [2.24, 2.45) is 11.8 Å². The molecule has 0 amide bonds. The van der Waals surface area contributed by atoms with Crippen molar-refractivity contribution >= 4 is 23.9 Å². The highest BCUT2D eigenvalue weighted by molar-refractivity contribution is 5.97. The van der Waals surface area contributed by atoms with Gasteiger partial charge < -0.3 is 20.4 Å². The third-order valence-corrected chi connectivity index (χ3v) is 1.66. The lowest BCUT2D eigenvalue weighted by Crippen LogP contribution is -2.32. The van der Waals surface area contributed by atoms with Gasteiger partial charge in [0.05, 0.1) is 0 Å². The fraction of sp³-hybridized carbons (Fsp3) is 0.429. The Hall–Kier alpha value is -2.12. The van der Waals surface area contributed by atoms with E-state index >= 15 is 0 Å². The lowest BCUT2D eigenvalue weighted by molar-refractivity contribution is -0.159. The molecule has 0 aliphatic rings. The van der Waals surface area contributed by atoms with E-state index in [9.17, 15) is 19.2 Å². The van der Waals surface area contributed by atoms with Crippen LogP contribution < -0.4 is 0 Å². The second-order valence-corrected chi connectivity index (χ2v) is 2.69. The highest BCUT2D eigenvalue weighted by Crippen LogP contribution is 2.14. The Labute approximate surface area is 82.8 Å². The van der Waals surface area contributed by atoms with Gasteiger partial charge in [-0.05, 0) is 6.42 Å². The lowest BCUT2D eigenvalue weighted by atomic mass is 9.95. The van der Waals surface area contributed by atoms with Crippen LogP contribution in [0.5, 0.6) is 0 Å². The van der Waals surface area contributed by atoms with Crippen LogP contribution >= 0.6 is 0 Å². The summed E-state index contributed by atoms with van der Waals surface area (Å²) in [4.78, 5) is 41.4. The first-order chi connectivity index (χ1) is 6.77. The Bertz CT molecular complexity index is 248. The Morgan fingerprint density at radius 3 is 1.00 bits per heavy atom. The second-order valence-electron chi connectivity index (χ2n) is 2.69. The van der Waals surface area contributed by atoms with Crippen LogP contribution in [0.25, 0.3) is 0 Å². The fourth-order valence-electron chi connectivity index (χ4n) is 0.850. The van der Waals surface area contributed by atoms with Crippen LogP contribution in [0, 0.1) is 11.8 Å². The van der Waals surface area contributed by atoms with Gasteiger partial charge in [0.25, 0.3) is 0 Å². The van der Waals surface area contributed by atoms with Gasteiger partial charge in [0, 0.05) is 0 Å². The second kappa shape index (κ2) is 4.94. The average Bonchev–Trinajstić information content (AvgIpc) is 2.01. The molecule has 84 valence electrons. The van der Waals surface area contributed by atoms with E-state index in [2.05, 4.69) is 0 Å². The first-order valence-electron chi connectivity index (χ1n) is 3.68. The van der Waals surface area contributed by atoms with E-state index in [1.165, 1.54) is 0 Å². The zero-order valence-electron chi connectivity index (χ0n) is 7.28. The summed E-state index contributed by atoms with van der Waals surface area (Å²) in [5.74, 6) is -11.2. The number of hydrogen-bond acceptors (Lipinski definition) is 4. The number of rotatable bonds is 6. The number of hydrogen-bond donors (Lipinski definition) is 4. The highest BCUT2D eigenvalue weighted by atomic mass is 16.4. The normalized spacial score (nSPS) is 10.3. The zero-order chi connectivity index (χ0) is 12.2. The molecule has 0 saturated carbocycles. The number of carboxylic acids is 4. The molecule has 8 heteroatoms. The van der Waals surface area contributed by atoms with E-state index in [0.717, 1.165) is 0 Å². The van der Waals surface area contributed by atoms with E-state index in [0.29, 0.717) is 0 Å². The predicted molar refractivity (Wildman–Crippen MR) is 42.1 cm³/mol. The van der Waals surface area contributed by atoms with Gasteiger partial charge in [-0.1, -0.05) is 0 Å². The maximum Gasteiger partial charge on any atom is 0.317 e. The summed E-state index contributed by atoms with van der Waals surface area (Å²) in [6.45, 7) is 0. The highest BCUT2D eigenvalue weighted by Gasteiger charge is 2.36. The first-order valence-corrected chi connectivity index (χ1v) is 3.68. The molecule has 0 spiro atoms. The minimum Gasteiger partial charge on any atom is -0.481 e. The van der Waals surface area contributed by atoms with Crippen LogP contribution in [0.4, 0.5) is 0 Å². The molecule has 0 heterocycles. The van der Waals surface area contributed by atoms with E-state index in [1.54, 1.807) is 0 Å². The molecule has 0 aromatic rings. The summed E-state index contributed by atoms with van der Waals surface area (Å²) in [6, 6.07) is 0. The summed E-state index contributed by atoms with van der Waals surface area (Å²) >= 11 is 0. The van der Waals surface area contributed by atoms with E-state index in [-0.39, 0.29) is 0 Å². The van der Waals surface area contributed by atoms with Crippen LogP contribution in [0.2, 0.25) is 0 Å². The van der Waals surface area contributed by atoms with Crippen molar-refractivity contribution in [1.29, 1.82) is 0 Å². The largest absolute Gasteiger partial charge is 0.481 e. The molecule has 0 aromatic carbocycles. The molecular weight excluding hydrogens is 212 g/mol. The van der Waals surface area contributed by atoms with Gasteiger partial charge in [-0.3, -0.25) is 19.2 Å². The molecule has 0 unspecified atom stereocenters. The Balaban J connectivity index is 4.77. The Kier molecular flexibility index (Phi) is 4.24. The van der Waals surface area contributed by atoms with Crippen molar-refractivity contribution in [2.45, 2.75) is 6.42 Å². The zero-order valence-corrected chi connectivity index (χ0v) is 7.28. The van der Waals surface area contributed by atoms with Gasteiger partial charge in [-0.2, -0.15) is 0 Å². The predicted octanol–water partition coefficient (Wildman–Crippen LogP) is -1.05. The van der Waals surface area contributed by atoms with Gasteiger partial charge in [-0.15, -0.1) is 0 Å². The van der Waals surface area contributed by atoms with Crippen molar-refractivity contribution in [1.82, 2.24) is 0 Å². The summed E-state index contributed by atoms with van der Waals surface area (Å²) < 4.78 is 0. The van der Waals surface area contributed by atoms with Gasteiger partial charge in [0.2, 0.25) is 0 Å². The minimum atomic E-state index is -2.04. The number of carboxylic acid groups (broad SMARTS) is 4. The van der Waals surface area contributed by atoms with Gasteiger partial charge in [0.15, 0.2) is 11.8 Å². The molecular formula is C7H8O8. The standard InChI is InChI=1S/C7H8O8/c8-4(9)2(5(10)11)1-3(6(12)13)7(14)15/h2-3H,1H2,(H,8,9)(H,10,11)(H,12,13)(H,14,15). The molecule has 0 atom stereocenters. The third-order valence-electron chi connectivity index (χ3n) is 1.66. The smallest absolute Gasteiger partial charge is 0.317 e. The van der Waals surface area contributed by atoms with E-state index in [4.69, 9.17) is 20.4 Å². The fourth-order valence-corrected chi connectivity index (χ4v) is 0.850. The van der Waals surface area contributed by atoms with Gasteiger partial charge in [0.1, 0.15) is 0 Å². The molecule has 15 heavy (non-hydrogen) atoms. The average molecular weight is 220 g/mol. The van der Waals surface area contributed by atoms with Crippen molar-refractivity contribution in [3.63, 3.8) is 0 Å². The molecule has 0 fully saturated rings. The lowest BCUT2D eigenvalue weighted by Gasteiger charge is -2.10. The van der Waals surface area contributed by atoms with Crippen LogP contribution in [-0.4, -0.2) is 44.3 Å². The van der Waals surface area contributed by atoms with Crippen molar-refractivity contribution in [2.75, 3.05) is 0 Å². The summed E-state index contributed by atoms with van der Waals surface area (Å²) in [5, 5.41) is 33.6. The molecule has 0 rings (SSSR count). The van der Waals surface area contributed by atoms with Crippen molar-refractivity contribution in [3.8, 4) is 0 Å². The van der Waals surface area contributed by atoms with Gasteiger partial charge in [-0.25, -0.2) is 0 Å². The maximum atomic E-state index is 10.4. The molecule has 4 N–H and O–H groups in total. The molecule has 0 aromatic heterocycles. The van der Waals surface area contributed by atoms with E-state index in [1.807, 2.05) is 0 Å².